The maximum atomic E-state index is 15.1. The molecule has 1 fully saturated rings. The molecule has 0 spiro atoms. The minimum atomic E-state index is -4.67. The number of alkyl halides is 2. The van der Waals surface area contributed by atoms with Gasteiger partial charge < -0.3 is 14.2 Å². The molecule has 0 amide bonds. The Bertz CT molecular complexity index is 1670. The highest BCUT2D eigenvalue weighted by atomic mass is 19.3. The Morgan fingerprint density at radius 3 is 1.85 bits per heavy atom. The fraction of sp³-hybridized carbons (Fsp3) is 0.294. The molecule has 0 radical (unpaired) electrons. The molecule has 1 aliphatic rings. The number of ether oxygens (including phenoxy) is 3. The predicted octanol–water partition coefficient (Wildman–Crippen LogP) is 10.0. The van der Waals surface area contributed by atoms with Crippen molar-refractivity contribution in [3.05, 3.63) is 113 Å². The van der Waals surface area contributed by atoms with E-state index in [0.717, 1.165) is 25.0 Å². The molecule has 46 heavy (non-hydrogen) atoms. The van der Waals surface area contributed by atoms with Gasteiger partial charge in [-0.05, 0) is 78.4 Å². The lowest BCUT2D eigenvalue weighted by molar-refractivity contribution is -0.189. The lowest BCUT2D eigenvalue weighted by Gasteiger charge is -2.29. The van der Waals surface area contributed by atoms with Crippen molar-refractivity contribution in [2.45, 2.75) is 38.4 Å². The van der Waals surface area contributed by atoms with Crippen molar-refractivity contribution in [3.63, 3.8) is 0 Å². The van der Waals surface area contributed by atoms with Gasteiger partial charge in [0.15, 0.2) is 17.5 Å². The molecule has 4 aromatic carbocycles. The Labute approximate surface area is 258 Å². The molecule has 0 bridgehead atoms. The Morgan fingerprint density at radius 1 is 0.717 bits per heavy atom. The zero-order valence-corrected chi connectivity index (χ0v) is 24.3. The summed E-state index contributed by atoms with van der Waals surface area (Å²) in [5.74, 6) is -11.3. The summed E-state index contributed by atoms with van der Waals surface area (Å²) >= 11 is 0. The maximum Gasteiger partial charge on any atom is 0.432 e. The van der Waals surface area contributed by atoms with E-state index >= 15 is 4.39 Å². The first-order valence-electron chi connectivity index (χ1n) is 14.4. The van der Waals surface area contributed by atoms with Crippen LogP contribution in [0.15, 0.2) is 60.7 Å². The summed E-state index contributed by atoms with van der Waals surface area (Å²) in [6.07, 6.45) is -2.75. The van der Waals surface area contributed by atoms with E-state index in [1.807, 2.05) is 6.92 Å². The van der Waals surface area contributed by atoms with Gasteiger partial charge >= 0.3 is 6.11 Å². The van der Waals surface area contributed by atoms with Crippen LogP contribution in [-0.4, -0.2) is 19.8 Å². The van der Waals surface area contributed by atoms with Crippen LogP contribution in [0, 0.1) is 46.6 Å². The molecule has 244 valence electrons. The van der Waals surface area contributed by atoms with Gasteiger partial charge in [0, 0.05) is 29.7 Å². The van der Waals surface area contributed by atoms with Crippen molar-refractivity contribution in [1.82, 2.24) is 0 Å². The van der Waals surface area contributed by atoms with E-state index in [0.29, 0.717) is 62.1 Å². The van der Waals surface area contributed by atoms with E-state index in [4.69, 9.17) is 9.47 Å². The summed E-state index contributed by atoms with van der Waals surface area (Å²) < 4.78 is 146. The molecular weight excluding hydrogens is 627 g/mol. The molecular formula is C34H27F9O3. The Balaban J connectivity index is 1.31. The lowest BCUT2D eigenvalue weighted by atomic mass is 9.93. The first kappa shape index (κ1) is 33.3. The first-order valence-corrected chi connectivity index (χ1v) is 14.4. The number of hydrogen-bond acceptors (Lipinski definition) is 3. The van der Waals surface area contributed by atoms with E-state index in [-0.39, 0.29) is 17.0 Å². The first-order chi connectivity index (χ1) is 21.9. The zero-order valence-electron chi connectivity index (χ0n) is 24.3. The Kier molecular flexibility index (Phi) is 9.97. The molecule has 4 aromatic rings. The molecule has 0 aromatic heterocycles. The normalized spacial score (nSPS) is 16.9. The minimum Gasteiger partial charge on any atom is -0.429 e. The van der Waals surface area contributed by atoms with Gasteiger partial charge in [-0.15, -0.1) is 0 Å². The van der Waals surface area contributed by atoms with Crippen LogP contribution in [0.4, 0.5) is 39.5 Å². The fourth-order valence-electron chi connectivity index (χ4n) is 5.27. The van der Waals surface area contributed by atoms with Crippen molar-refractivity contribution < 1.29 is 53.7 Å². The van der Waals surface area contributed by atoms with Crippen LogP contribution in [0.2, 0.25) is 0 Å². The summed E-state index contributed by atoms with van der Waals surface area (Å²) in [4.78, 5) is 0. The highest BCUT2D eigenvalue weighted by Gasteiger charge is 2.41. The second-order valence-corrected chi connectivity index (χ2v) is 10.9. The van der Waals surface area contributed by atoms with E-state index in [2.05, 4.69) is 4.74 Å². The van der Waals surface area contributed by atoms with Gasteiger partial charge in [0.05, 0.1) is 19.3 Å². The van der Waals surface area contributed by atoms with Gasteiger partial charge in [-0.2, -0.15) is 8.78 Å². The van der Waals surface area contributed by atoms with Crippen molar-refractivity contribution in [3.8, 4) is 28.0 Å². The summed E-state index contributed by atoms with van der Waals surface area (Å²) in [7, 11) is 0. The largest absolute Gasteiger partial charge is 0.432 e. The van der Waals surface area contributed by atoms with Crippen LogP contribution in [0.5, 0.6) is 5.75 Å². The molecule has 2 unspecified atom stereocenters. The molecule has 0 saturated carbocycles. The van der Waals surface area contributed by atoms with Crippen molar-refractivity contribution >= 4 is 0 Å². The van der Waals surface area contributed by atoms with Crippen molar-refractivity contribution in [1.29, 1.82) is 0 Å². The van der Waals surface area contributed by atoms with Gasteiger partial charge in [0.1, 0.15) is 34.6 Å². The third-order valence-corrected chi connectivity index (χ3v) is 7.56. The SMILES string of the molecule is CCCOCC1CCC(c2ccc(-c3cc(F)c(C(F)(F)Oc4ccc(-c5cc(F)c(F)c(F)c5)c(F)c4)c(F)c3)c(F)c2)OC1. The second kappa shape index (κ2) is 13.8. The van der Waals surface area contributed by atoms with E-state index in [1.54, 1.807) is 0 Å². The number of rotatable bonds is 10. The average molecular weight is 655 g/mol. The van der Waals surface area contributed by atoms with Gasteiger partial charge in [0.25, 0.3) is 0 Å². The van der Waals surface area contributed by atoms with Gasteiger partial charge in [-0.25, -0.2) is 30.7 Å². The summed E-state index contributed by atoms with van der Waals surface area (Å²) in [5, 5.41) is 0. The molecule has 0 N–H and O–H groups in total. The van der Waals surface area contributed by atoms with Crippen LogP contribution in [-0.2, 0) is 15.6 Å². The van der Waals surface area contributed by atoms with Crippen LogP contribution in [0.25, 0.3) is 22.3 Å². The maximum absolute atomic E-state index is 15.1. The van der Waals surface area contributed by atoms with Gasteiger partial charge in [-0.1, -0.05) is 19.1 Å². The molecule has 1 saturated heterocycles. The third-order valence-electron chi connectivity index (χ3n) is 7.56. The van der Waals surface area contributed by atoms with E-state index in [1.165, 1.54) is 18.2 Å². The number of hydrogen-bond donors (Lipinski definition) is 0. The van der Waals surface area contributed by atoms with Crippen LogP contribution >= 0.6 is 0 Å². The Morgan fingerprint density at radius 2 is 1.30 bits per heavy atom. The smallest absolute Gasteiger partial charge is 0.429 e. The Hall–Kier alpha value is -4.03. The average Bonchev–Trinajstić information content (AvgIpc) is 2.99. The molecule has 1 aliphatic heterocycles. The number of benzene rings is 4. The molecule has 0 aliphatic carbocycles. The molecule has 12 heteroatoms. The second-order valence-electron chi connectivity index (χ2n) is 10.9. The van der Waals surface area contributed by atoms with Crippen molar-refractivity contribution in [2.24, 2.45) is 5.92 Å². The molecule has 5 rings (SSSR count). The summed E-state index contributed by atoms with van der Waals surface area (Å²) in [6.45, 7) is 3.66. The predicted molar refractivity (Wildman–Crippen MR) is 151 cm³/mol. The standard InChI is InChI=1S/C34H27F9O3/c1-2-9-44-16-18-3-8-31(45-17-18)19-4-6-23(25(35)10-19)20-11-27(37)32(28(38)12-20)34(42,43)46-22-5-7-24(26(36)15-22)21-13-29(39)33(41)30(40)14-21/h4-7,10-15,18,31H,2-3,8-9,16-17H2,1H3. The monoisotopic (exact) mass is 654 g/mol. The highest BCUT2D eigenvalue weighted by molar-refractivity contribution is 5.66. The lowest BCUT2D eigenvalue weighted by Crippen LogP contribution is -2.25. The zero-order chi connectivity index (χ0) is 33.2. The fourth-order valence-corrected chi connectivity index (χ4v) is 5.27. The van der Waals surface area contributed by atoms with Gasteiger partial charge in [0.2, 0.25) is 0 Å². The quantitative estimate of drug-likeness (QED) is 0.0968. The molecule has 3 nitrogen and oxygen atoms in total. The number of halogens is 9. The summed E-state index contributed by atoms with van der Waals surface area (Å²) in [5.41, 5.74) is -2.82. The van der Waals surface area contributed by atoms with Crippen LogP contribution in [0.1, 0.15) is 43.4 Å². The minimum absolute atomic E-state index is 0.218. The van der Waals surface area contributed by atoms with E-state index in [9.17, 15) is 35.1 Å². The van der Waals surface area contributed by atoms with Crippen molar-refractivity contribution in [2.75, 3.05) is 19.8 Å². The van der Waals surface area contributed by atoms with E-state index < -0.39 is 75.4 Å². The molecule has 2 atom stereocenters. The highest BCUT2D eigenvalue weighted by Crippen LogP contribution is 2.39. The van der Waals surface area contributed by atoms with Crippen LogP contribution < -0.4 is 4.74 Å². The third kappa shape index (κ3) is 7.18. The van der Waals surface area contributed by atoms with Crippen LogP contribution in [0.3, 0.4) is 0 Å². The summed E-state index contributed by atoms with van der Waals surface area (Å²) in [6, 6.07) is 8.00. The molecule has 1 heterocycles. The van der Waals surface area contributed by atoms with Gasteiger partial charge in [-0.3, -0.25) is 0 Å². The topological polar surface area (TPSA) is 27.7 Å².